The van der Waals surface area contributed by atoms with Crippen LogP contribution in [-0.4, -0.2) is 15.9 Å². The first-order chi connectivity index (χ1) is 9.77. The predicted octanol–water partition coefficient (Wildman–Crippen LogP) is 2.64. The highest BCUT2D eigenvalue weighted by Gasteiger charge is 2.32. The largest absolute Gasteiger partial charge is 0.433 e. The maximum Gasteiger partial charge on any atom is 0.433 e. The number of nitrogen functional groups attached to an aromatic ring is 1. The minimum atomic E-state index is -4.60. The van der Waals surface area contributed by atoms with E-state index in [0.717, 1.165) is 12.1 Å². The summed E-state index contributed by atoms with van der Waals surface area (Å²) in [5.41, 5.74) is 5.05. The van der Waals surface area contributed by atoms with Crippen molar-refractivity contribution in [3.8, 4) is 0 Å². The summed E-state index contributed by atoms with van der Waals surface area (Å²) in [6, 6.07) is 4.68. The SMILES string of the molecule is Cc1cc(NC(=O)c2cccc(C(F)(F)F)n2)cnc1N. The van der Waals surface area contributed by atoms with Gasteiger partial charge < -0.3 is 11.1 Å². The van der Waals surface area contributed by atoms with E-state index in [1.807, 2.05) is 0 Å². The first-order valence-corrected chi connectivity index (χ1v) is 5.85. The topological polar surface area (TPSA) is 80.9 Å². The van der Waals surface area contributed by atoms with Gasteiger partial charge >= 0.3 is 6.18 Å². The smallest absolute Gasteiger partial charge is 0.383 e. The summed E-state index contributed by atoms with van der Waals surface area (Å²) in [5.74, 6) is -0.447. The van der Waals surface area contributed by atoms with Crippen LogP contribution in [-0.2, 0) is 6.18 Å². The van der Waals surface area contributed by atoms with Crippen LogP contribution in [0.4, 0.5) is 24.7 Å². The minimum Gasteiger partial charge on any atom is -0.383 e. The van der Waals surface area contributed by atoms with E-state index in [4.69, 9.17) is 5.73 Å². The van der Waals surface area contributed by atoms with Gasteiger partial charge in [0.2, 0.25) is 0 Å². The molecular weight excluding hydrogens is 285 g/mol. The Morgan fingerprint density at radius 1 is 1.33 bits per heavy atom. The lowest BCUT2D eigenvalue weighted by Crippen LogP contribution is -2.17. The zero-order valence-electron chi connectivity index (χ0n) is 10.9. The second kappa shape index (κ2) is 5.39. The van der Waals surface area contributed by atoms with E-state index in [0.29, 0.717) is 17.1 Å². The number of hydrogen-bond acceptors (Lipinski definition) is 4. The fourth-order valence-electron chi connectivity index (χ4n) is 1.57. The van der Waals surface area contributed by atoms with Gasteiger partial charge in [0.15, 0.2) is 0 Å². The molecule has 0 saturated carbocycles. The Kier molecular flexibility index (Phi) is 3.79. The van der Waals surface area contributed by atoms with Crippen molar-refractivity contribution >= 4 is 17.4 Å². The summed E-state index contributed by atoms with van der Waals surface area (Å²) in [5, 5.41) is 2.42. The molecule has 21 heavy (non-hydrogen) atoms. The minimum absolute atomic E-state index is 0.310. The van der Waals surface area contributed by atoms with Crippen LogP contribution in [0.5, 0.6) is 0 Å². The molecule has 0 unspecified atom stereocenters. The van der Waals surface area contributed by atoms with Crippen molar-refractivity contribution in [2.24, 2.45) is 0 Å². The molecule has 2 rings (SSSR count). The Morgan fingerprint density at radius 2 is 2.05 bits per heavy atom. The lowest BCUT2D eigenvalue weighted by Gasteiger charge is -2.09. The third-order valence-corrected chi connectivity index (χ3v) is 2.65. The monoisotopic (exact) mass is 296 g/mol. The molecule has 0 aromatic carbocycles. The van der Waals surface area contributed by atoms with Crippen molar-refractivity contribution in [2.75, 3.05) is 11.1 Å². The van der Waals surface area contributed by atoms with Crippen molar-refractivity contribution < 1.29 is 18.0 Å². The number of alkyl halides is 3. The summed E-state index contributed by atoms with van der Waals surface area (Å²) in [4.78, 5) is 19.0. The molecule has 8 heteroatoms. The van der Waals surface area contributed by atoms with E-state index in [9.17, 15) is 18.0 Å². The lowest BCUT2D eigenvalue weighted by molar-refractivity contribution is -0.141. The summed E-state index contributed by atoms with van der Waals surface area (Å²) >= 11 is 0. The van der Waals surface area contributed by atoms with Gasteiger partial charge in [-0.3, -0.25) is 4.79 Å². The Bertz CT molecular complexity index is 685. The van der Waals surface area contributed by atoms with Crippen molar-refractivity contribution in [3.63, 3.8) is 0 Å². The normalized spacial score (nSPS) is 11.2. The molecule has 0 aliphatic carbocycles. The molecule has 3 N–H and O–H groups in total. The van der Waals surface area contributed by atoms with Gasteiger partial charge in [0, 0.05) is 0 Å². The van der Waals surface area contributed by atoms with Crippen LogP contribution in [0.2, 0.25) is 0 Å². The van der Waals surface area contributed by atoms with Crippen LogP contribution >= 0.6 is 0 Å². The van der Waals surface area contributed by atoms with Gasteiger partial charge in [-0.25, -0.2) is 9.97 Å². The first kappa shape index (κ1) is 14.8. The molecule has 0 saturated heterocycles. The highest BCUT2D eigenvalue weighted by Crippen LogP contribution is 2.27. The predicted molar refractivity (Wildman–Crippen MR) is 70.6 cm³/mol. The molecular formula is C13H11F3N4O. The van der Waals surface area contributed by atoms with E-state index in [2.05, 4.69) is 15.3 Å². The van der Waals surface area contributed by atoms with Gasteiger partial charge in [0.1, 0.15) is 17.2 Å². The number of pyridine rings is 2. The van der Waals surface area contributed by atoms with Crippen molar-refractivity contribution in [3.05, 3.63) is 47.4 Å². The Balaban J connectivity index is 2.22. The van der Waals surface area contributed by atoms with Gasteiger partial charge in [-0.1, -0.05) is 6.07 Å². The highest BCUT2D eigenvalue weighted by atomic mass is 19.4. The molecule has 0 aliphatic heterocycles. The number of hydrogen-bond donors (Lipinski definition) is 2. The summed E-state index contributed by atoms with van der Waals surface area (Å²) in [6.07, 6.45) is -3.29. The van der Waals surface area contributed by atoms with Crippen LogP contribution in [0.15, 0.2) is 30.5 Å². The second-order valence-electron chi connectivity index (χ2n) is 4.29. The fraction of sp³-hybridized carbons (Fsp3) is 0.154. The maximum absolute atomic E-state index is 12.5. The zero-order valence-corrected chi connectivity index (χ0v) is 10.9. The lowest BCUT2D eigenvalue weighted by atomic mass is 10.2. The van der Waals surface area contributed by atoms with Crippen molar-refractivity contribution in [1.82, 2.24) is 9.97 Å². The molecule has 5 nitrogen and oxygen atoms in total. The zero-order chi connectivity index (χ0) is 15.6. The molecule has 2 heterocycles. The summed E-state index contributed by atoms with van der Waals surface area (Å²) in [7, 11) is 0. The number of anilines is 2. The van der Waals surface area contributed by atoms with Crippen molar-refractivity contribution in [2.45, 2.75) is 13.1 Å². The van der Waals surface area contributed by atoms with E-state index in [1.54, 1.807) is 13.0 Å². The number of aromatic nitrogens is 2. The maximum atomic E-state index is 12.5. The van der Waals surface area contributed by atoms with Crippen molar-refractivity contribution in [1.29, 1.82) is 0 Å². The Labute approximate surface area is 118 Å². The molecule has 110 valence electrons. The van der Waals surface area contributed by atoms with Crippen LogP contribution in [0, 0.1) is 6.92 Å². The fourth-order valence-corrected chi connectivity index (χ4v) is 1.57. The molecule has 2 aromatic rings. The Morgan fingerprint density at radius 3 is 2.67 bits per heavy atom. The quantitative estimate of drug-likeness (QED) is 0.892. The van der Waals surface area contributed by atoms with E-state index < -0.39 is 17.8 Å². The standard InChI is InChI=1S/C13H11F3N4O/c1-7-5-8(6-18-11(7)17)19-12(21)9-3-2-4-10(20-9)13(14,15)16/h2-6H,1H3,(H2,17,18)(H,19,21). The van der Waals surface area contributed by atoms with Gasteiger partial charge in [0.25, 0.3) is 5.91 Å². The number of aryl methyl sites for hydroxylation is 1. The molecule has 1 amide bonds. The number of nitrogens with zero attached hydrogens (tertiary/aromatic N) is 2. The van der Waals surface area contributed by atoms with Crippen LogP contribution in [0.3, 0.4) is 0 Å². The third kappa shape index (κ3) is 3.47. The van der Waals surface area contributed by atoms with E-state index in [-0.39, 0.29) is 5.69 Å². The third-order valence-electron chi connectivity index (χ3n) is 2.65. The number of rotatable bonds is 2. The molecule has 0 atom stereocenters. The van der Waals surface area contributed by atoms with Gasteiger partial charge in [-0.15, -0.1) is 0 Å². The summed E-state index contributed by atoms with van der Waals surface area (Å²) < 4.78 is 37.6. The molecule has 2 aromatic heterocycles. The van der Waals surface area contributed by atoms with Crippen LogP contribution < -0.4 is 11.1 Å². The van der Waals surface area contributed by atoms with E-state index >= 15 is 0 Å². The highest BCUT2D eigenvalue weighted by molar-refractivity contribution is 6.02. The molecule has 0 spiro atoms. The number of nitrogens with one attached hydrogen (secondary N) is 1. The molecule has 0 aliphatic rings. The number of nitrogens with two attached hydrogens (primary N) is 1. The van der Waals surface area contributed by atoms with Crippen LogP contribution in [0.25, 0.3) is 0 Å². The van der Waals surface area contributed by atoms with Gasteiger partial charge in [-0.2, -0.15) is 13.2 Å². The molecule has 0 fully saturated rings. The summed E-state index contributed by atoms with van der Waals surface area (Å²) in [6.45, 7) is 1.69. The Hall–Kier alpha value is -2.64. The van der Waals surface area contributed by atoms with Gasteiger partial charge in [0.05, 0.1) is 11.9 Å². The average molecular weight is 296 g/mol. The number of carbonyl (C=O) groups excluding carboxylic acids is 1. The van der Waals surface area contributed by atoms with E-state index in [1.165, 1.54) is 12.3 Å². The average Bonchev–Trinajstić information content (AvgIpc) is 2.42. The number of amides is 1. The first-order valence-electron chi connectivity index (χ1n) is 5.85. The second-order valence-corrected chi connectivity index (χ2v) is 4.29. The number of halogens is 3. The van der Waals surface area contributed by atoms with Crippen LogP contribution in [0.1, 0.15) is 21.7 Å². The number of carbonyl (C=O) groups is 1. The van der Waals surface area contributed by atoms with Gasteiger partial charge in [-0.05, 0) is 30.7 Å². The molecule has 0 radical (unpaired) electrons. The molecule has 0 bridgehead atoms.